The molecule has 68 valence electrons. The van der Waals surface area contributed by atoms with Crippen LogP contribution in [0.25, 0.3) is 0 Å². The molecule has 0 radical (unpaired) electrons. The van der Waals surface area contributed by atoms with Crippen LogP contribution in [0.4, 0.5) is 0 Å². The van der Waals surface area contributed by atoms with Gasteiger partial charge < -0.3 is 5.32 Å². The van der Waals surface area contributed by atoms with Crippen molar-refractivity contribution in [1.29, 1.82) is 0 Å². The number of nitrogens with one attached hydrogen (secondary N) is 1. The monoisotopic (exact) mass is 157 g/mol. The van der Waals surface area contributed by atoms with Crippen molar-refractivity contribution in [2.24, 2.45) is 5.92 Å². The molecule has 0 aliphatic heterocycles. The summed E-state index contributed by atoms with van der Waals surface area (Å²) in [6, 6.07) is 0. The van der Waals surface area contributed by atoms with E-state index in [0.29, 0.717) is 0 Å². The molecule has 0 unspecified atom stereocenters. The van der Waals surface area contributed by atoms with Crippen LogP contribution in [0.2, 0.25) is 0 Å². The van der Waals surface area contributed by atoms with Gasteiger partial charge in [0.1, 0.15) is 0 Å². The van der Waals surface area contributed by atoms with E-state index in [-0.39, 0.29) is 0 Å². The summed E-state index contributed by atoms with van der Waals surface area (Å²) in [6.07, 6.45) is 6.92. The fraction of sp³-hybridized carbons (Fsp3) is 1.00. The van der Waals surface area contributed by atoms with E-state index in [1.165, 1.54) is 38.6 Å². The van der Waals surface area contributed by atoms with E-state index in [1.54, 1.807) is 0 Å². The smallest absolute Gasteiger partial charge is 0.00494 e. The second-order valence-corrected chi connectivity index (χ2v) is 3.49. The molecule has 0 spiro atoms. The Morgan fingerprint density at radius 2 is 1.91 bits per heavy atom. The first-order chi connectivity index (χ1) is 5.31. The molecule has 0 aliphatic carbocycles. The molecule has 0 fully saturated rings. The number of hydrogen-bond donors (Lipinski definition) is 1. The molecule has 0 bridgehead atoms. The molecule has 1 heteroatoms. The summed E-state index contributed by atoms with van der Waals surface area (Å²) in [5, 5.41) is 3.19. The van der Waals surface area contributed by atoms with Crippen molar-refractivity contribution in [1.82, 2.24) is 5.32 Å². The molecule has 1 N–H and O–H groups in total. The second-order valence-electron chi connectivity index (χ2n) is 3.49. The van der Waals surface area contributed by atoms with Crippen molar-refractivity contribution in [3.05, 3.63) is 0 Å². The second kappa shape index (κ2) is 8.06. The van der Waals surface area contributed by atoms with Gasteiger partial charge in [-0.25, -0.2) is 0 Å². The quantitative estimate of drug-likeness (QED) is 0.560. The zero-order valence-electron chi connectivity index (χ0n) is 8.32. The Hall–Kier alpha value is -0.0400. The van der Waals surface area contributed by atoms with Crippen LogP contribution in [-0.2, 0) is 0 Å². The highest BCUT2D eigenvalue weighted by Gasteiger charge is 1.99. The van der Waals surface area contributed by atoms with E-state index in [2.05, 4.69) is 19.2 Å². The van der Waals surface area contributed by atoms with E-state index in [1.807, 2.05) is 7.05 Å². The van der Waals surface area contributed by atoms with Gasteiger partial charge in [0.25, 0.3) is 0 Å². The molecule has 0 aromatic rings. The van der Waals surface area contributed by atoms with E-state index in [4.69, 9.17) is 0 Å². The highest BCUT2D eigenvalue weighted by molar-refractivity contribution is 4.54. The maximum Gasteiger partial charge on any atom is -0.00494 e. The molecule has 0 saturated heterocycles. The molecular weight excluding hydrogens is 134 g/mol. The Balaban J connectivity index is 3.02. The topological polar surface area (TPSA) is 12.0 Å². The zero-order valence-corrected chi connectivity index (χ0v) is 8.32. The predicted octanol–water partition coefficient (Wildman–Crippen LogP) is 2.81. The summed E-state index contributed by atoms with van der Waals surface area (Å²) in [5.41, 5.74) is 0. The average Bonchev–Trinajstić information content (AvgIpc) is 2.01. The Morgan fingerprint density at radius 3 is 2.45 bits per heavy atom. The van der Waals surface area contributed by atoms with Gasteiger partial charge >= 0.3 is 0 Å². The first-order valence-corrected chi connectivity index (χ1v) is 4.95. The third-order valence-corrected chi connectivity index (χ3v) is 2.19. The highest BCUT2D eigenvalue weighted by atomic mass is 14.8. The van der Waals surface area contributed by atoms with E-state index in [9.17, 15) is 0 Å². The maximum absolute atomic E-state index is 3.19. The fourth-order valence-corrected chi connectivity index (χ4v) is 1.28. The lowest BCUT2D eigenvalue weighted by atomic mass is 10.0. The molecule has 0 amide bonds. The molecule has 0 aromatic carbocycles. The lowest BCUT2D eigenvalue weighted by Crippen LogP contribution is -2.11. The SMILES string of the molecule is CCCCC[C@H](C)CCNC. The highest BCUT2D eigenvalue weighted by Crippen LogP contribution is 2.11. The molecule has 0 heterocycles. The molecule has 11 heavy (non-hydrogen) atoms. The van der Waals surface area contributed by atoms with Crippen LogP contribution in [0.1, 0.15) is 46.0 Å². The Bertz CT molecular complexity index is 71.3. The predicted molar refractivity (Wildman–Crippen MR) is 51.8 cm³/mol. The van der Waals surface area contributed by atoms with Gasteiger partial charge in [-0.2, -0.15) is 0 Å². The van der Waals surface area contributed by atoms with Crippen molar-refractivity contribution < 1.29 is 0 Å². The van der Waals surface area contributed by atoms with Gasteiger partial charge in [0, 0.05) is 0 Å². The molecule has 1 atom stereocenters. The summed E-state index contributed by atoms with van der Waals surface area (Å²) in [6.45, 7) is 5.79. The van der Waals surface area contributed by atoms with Gasteiger partial charge in [0.2, 0.25) is 0 Å². The fourth-order valence-electron chi connectivity index (χ4n) is 1.28. The first kappa shape index (κ1) is 11.0. The molecule has 0 aliphatic rings. The van der Waals surface area contributed by atoms with Gasteiger partial charge in [-0.15, -0.1) is 0 Å². The summed E-state index contributed by atoms with van der Waals surface area (Å²) in [7, 11) is 2.03. The lowest BCUT2D eigenvalue weighted by Gasteiger charge is -2.09. The molecule has 0 aromatic heterocycles. The number of rotatable bonds is 7. The van der Waals surface area contributed by atoms with E-state index >= 15 is 0 Å². The third-order valence-electron chi connectivity index (χ3n) is 2.19. The van der Waals surface area contributed by atoms with Crippen molar-refractivity contribution in [3.8, 4) is 0 Å². The van der Waals surface area contributed by atoms with Gasteiger partial charge in [-0.3, -0.25) is 0 Å². The van der Waals surface area contributed by atoms with Crippen LogP contribution in [0.3, 0.4) is 0 Å². The standard InChI is InChI=1S/C10H23N/c1-4-5-6-7-10(2)8-9-11-3/h10-11H,4-9H2,1-3H3/t10-/m0/s1. The minimum absolute atomic E-state index is 0.911. The Labute approximate surface area is 71.6 Å². The molecule has 1 nitrogen and oxygen atoms in total. The van der Waals surface area contributed by atoms with Crippen molar-refractivity contribution in [3.63, 3.8) is 0 Å². The number of hydrogen-bond acceptors (Lipinski definition) is 1. The van der Waals surface area contributed by atoms with Gasteiger partial charge in [0.05, 0.1) is 0 Å². The summed E-state index contributed by atoms with van der Waals surface area (Å²) < 4.78 is 0. The van der Waals surface area contributed by atoms with Crippen LogP contribution in [0.5, 0.6) is 0 Å². The number of unbranched alkanes of at least 4 members (excludes halogenated alkanes) is 2. The minimum Gasteiger partial charge on any atom is -0.320 e. The Morgan fingerprint density at radius 1 is 1.18 bits per heavy atom. The largest absolute Gasteiger partial charge is 0.320 e. The van der Waals surface area contributed by atoms with Crippen LogP contribution < -0.4 is 5.32 Å². The van der Waals surface area contributed by atoms with Gasteiger partial charge in [-0.05, 0) is 25.9 Å². The lowest BCUT2D eigenvalue weighted by molar-refractivity contribution is 0.456. The summed E-state index contributed by atoms with van der Waals surface area (Å²) in [5.74, 6) is 0.911. The van der Waals surface area contributed by atoms with Crippen LogP contribution in [-0.4, -0.2) is 13.6 Å². The minimum atomic E-state index is 0.911. The van der Waals surface area contributed by atoms with Crippen molar-refractivity contribution in [2.75, 3.05) is 13.6 Å². The molecule has 0 saturated carbocycles. The molecular formula is C10H23N. The normalized spacial score (nSPS) is 13.4. The summed E-state index contributed by atoms with van der Waals surface area (Å²) >= 11 is 0. The third kappa shape index (κ3) is 7.86. The maximum atomic E-state index is 3.19. The van der Waals surface area contributed by atoms with Crippen LogP contribution >= 0.6 is 0 Å². The van der Waals surface area contributed by atoms with E-state index < -0.39 is 0 Å². The van der Waals surface area contributed by atoms with Crippen LogP contribution in [0.15, 0.2) is 0 Å². The van der Waals surface area contributed by atoms with Crippen LogP contribution in [0, 0.1) is 5.92 Å². The van der Waals surface area contributed by atoms with Gasteiger partial charge in [-0.1, -0.05) is 39.5 Å². The average molecular weight is 157 g/mol. The van der Waals surface area contributed by atoms with Crippen molar-refractivity contribution in [2.45, 2.75) is 46.0 Å². The van der Waals surface area contributed by atoms with Crippen molar-refractivity contribution >= 4 is 0 Å². The molecule has 0 rings (SSSR count). The van der Waals surface area contributed by atoms with E-state index in [0.717, 1.165) is 5.92 Å². The van der Waals surface area contributed by atoms with Gasteiger partial charge in [0.15, 0.2) is 0 Å². The zero-order chi connectivity index (χ0) is 8.53. The summed E-state index contributed by atoms with van der Waals surface area (Å²) in [4.78, 5) is 0. The Kier molecular flexibility index (Phi) is 8.03. The first-order valence-electron chi connectivity index (χ1n) is 4.95.